The molecule has 96 valence electrons. The number of halogens is 1. The summed E-state index contributed by atoms with van der Waals surface area (Å²) in [6.07, 6.45) is 3.35. The van der Waals surface area contributed by atoms with E-state index in [-0.39, 0.29) is 6.04 Å². The predicted octanol–water partition coefficient (Wildman–Crippen LogP) is 2.69. The zero-order chi connectivity index (χ0) is 13.0. The molecule has 2 rings (SSSR count). The predicted molar refractivity (Wildman–Crippen MR) is 75.1 cm³/mol. The van der Waals surface area contributed by atoms with Crippen molar-refractivity contribution in [3.05, 3.63) is 46.5 Å². The van der Waals surface area contributed by atoms with Gasteiger partial charge in [0.1, 0.15) is 12.2 Å². The Kier molecular flexibility index (Phi) is 4.49. The Morgan fingerprint density at radius 1 is 1.33 bits per heavy atom. The molecule has 1 aromatic carbocycles. The van der Waals surface area contributed by atoms with Gasteiger partial charge in [-0.1, -0.05) is 35.0 Å². The molecule has 0 aliphatic rings. The van der Waals surface area contributed by atoms with E-state index in [1.807, 2.05) is 28.9 Å². The lowest BCUT2D eigenvalue weighted by atomic mass is 10.0. The van der Waals surface area contributed by atoms with E-state index >= 15 is 0 Å². The summed E-state index contributed by atoms with van der Waals surface area (Å²) in [7, 11) is 0. The summed E-state index contributed by atoms with van der Waals surface area (Å²) < 4.78 is 2.99. The van der Waals surface area contributed by atoms with Crippen LogP contribution < -0.4 is 5.73 Å². The van der Waals surface area contributed by atoms with Gasteiger partial charge in [0.05, 0.1) is 0 Å². The molecule has 0 saturated carbocycles. The van der Waals surface area contributed by atoms with Crippen LogP contribution in [-0.4, -0.2) is 14.8 Å². The molecule has 2 aromatic rings. The molecule has 1 unspecified atom stereocenters. The number of hydrogen-bond donors (Lipinski definition) is 1. The third kappa shape index (κ3) is 3.17. The minimum atomic E-state index is -0.0436. The van der Waals surface area contributed by atoms with Gasteiger partial charge in [0, 0.05) is 23.5 Å². The maximum atomic E-state index is 6.20. The van der Waals surface area contributed by atoms with Crippen molar-refractivity contribution in [1.29, 1.82) is 0 Å². The number of benzene rings is 1. The summed E-state index contributed by atoms with van der Waals surface area (Å²) >= 11 is 3.42. The SMILES string of the molecule is CCCn1ncnc1CC(N)c1ccc(Br)cc1. The Morgan fingerprint density at radius 3 is 2.72 bits per heavy atom. The van der Waals surface area contributed by atoms with Crippen LogP contribution in [0.2, 0.25) is 0 Å². The Hall–Kier alpha value is -1.20. The number of hydrogen-bond acceptors (Lipinski definition) is 3. The first-order chi connectivity index (χ1) is 8.70. The van der Waals surface area contributed by atoms with Gasteiger partial charge < -0.3 is 5.73 Å². The smallest absolute Gasteiger partial charge is 0.138 e. The van der Waals surface area contributed by atoms with E-state index in [9.17, 15) is 0 Å². The number of aromatic nitrogens is 3. The largest absolute Gasteiger partial charge is 0.324 e. The van der Waals surface area contributed by atoms with Gasteiger partial charge in [-0.2, -0.15) is 5.10 Å². The summed E-state index contributed by atoms with van der Waals surface area (Å²) in [6, 6.07) is 8.04. The molecule has 0 saturated heterocycles. The number of nitrogens with two attached hydrogens (primary N) is 1. The maximum Gasteiger partial charge on any atom is 0.138 e. The van der Waals surface area contributed by atoms with E-state index in [2.05, 4.69) is 32.9 Å². The van der Waals surface area contributed by atoms with E-state index in [1.54, 1.807) is 6.33 Å². The fourth-order valence-corrected chi connectivity index (χ4v) is 2.13. The standard InChI is InChI=1S/C13H17BrN4/c1-2-7-18-13(16-9-17-18)8-12(15)10-3-5-11(14)6-4-10/h3-6,9,12H,2,7-8,15H2,1H3. The lowest BCUT2D eigenvalue weighted by molar-refractivity contribution is 0.548. The van der Waals surface area contributed by atoms with Crippen molar-refractivity contribution in [3.8, 4) is 0 Å². The lowest BCUT2D eigenvalue weighted by Crippen LogP contribution is -2.17. The molecule has 1 aromatic heterocycles. The van der Waals surface area contributed by atoms with Crippen LogP contribution in [0.5, 0.6) is 0 Å². The Morgan fingerprint density at radius 2 is 2.06 bits per heavy atom. The molecule has 1 atom stereocenters. The van der Waals surface area contributed by atoms with Crippen LogP contribution in [0.4, 0.5) is 0 Å². The second-order valence-electron chi connectivity index (χ2n) is 4.26. The summed E-state index contributed by atoms with van der Waals surface area (Å²) in [5.41, 5.74) is 7.32. The highest BCUT2D eigenvalue weighted by atomic mass is 79.9. The van der Waals surface area contributed by atoms with Gasteiger partial charge in [-0.15, -0.1) is 0 Å². The summed E-state index contributed by atoms with van der Waals surface area (Å²) in [6.45, 7) is 3.02. The number of nitrogens with zero attached hydrogens (tertiary/aromatic N) is 3. The van der Waals surface area contributed by atoms with Crippen molar-refractivity contribution in [3.63, 3.8) is 0 Å². The molecule has 0 aliphatic carbocycles. The van der Waals surface area contributed by atoms with Crippen LogP contribution in [0.3, 0.4) is 0 Å². The van der Waals surface area contributed by atoms with E-state index < -0.39 is 0 Å². The quantitative estimate of drug-likeness (QED) is 0.924. The molecule has 0 amide bonds. The molecule has 0 aliphatic heterocycles. The highest BCUT2D eigenvalue weighted by molar-refractivity contribution is 9.10. The lowest BCUT2D eigenvalue weighted by Gasteiger charge is -2.12. The first kappa shape index (κ1) is 13.2. The van der Waals surface area contributed by atoms with Gasteiger partial charge in [-0.3, -0.25) is 4.68 Å². The topological polar surface area (TPSA) is 56.7 Å². The van der Waals surface area contributed by atoms with Crippen molar-refractivity contribution in [2.75, 3.05) is 0 Å². The molecule has 5 heteroatoms. The Bertz CT molecular complexity index is 492. The molecule has 2 N–H and O–H groups in total. The second kappa shape index (κ2) is 6.11. The zero-order valence-electron chi connectivity index (χ0n) is 10.4. The Labute approximate surface area is 115 Å². The van der Waals surface area contributed by atoms with Crippen LogP contribution in [0.15, 0.2) is 35.1 Å². The van der Waals surface area contributed by atoms with E-state index in [0.717, 1.165) is 28.8 Å². The Balaban J connectivity index is 2.08. The van der Waals surface area contributed by atoms with Crippen molar-refractivity contribution in [2.45, 2.75) is 32.4 Å². The van der Waals surface area contributed by atoms with Gasteiger partial charge in [-0.25, -0.2) is 4.98 Å². The molecule has 18 heavy (non-hydrogen) atoms. The zero-order valence-corrected chi connectivity index (χ0v) is 12.0. The normalized spacial score (nSPS) is 12.6. The van der Waals surface area contributed by atoms with Gasteiger partial charge in [-0.05, 0) is 24.1 Å². The summed E-state index contributed by atoms with van der Waals surface area (Å²) in [5.74, 6) is 0.951. The molecular formula is C13H17BrN4. The maximum absolute atomic E-state index is 6.20. The first-order valence-electron chi connectivity index (χ1n) is 6.08. The minimum Gasteiger partial charge on any atom is -0.324 e. The average Bonchev–Trinajstić information content (AvgIpc) is 2.78. The highest BCUT2D eigenvalue weighted by Crippen LogP contribution is 2.18. The molecule has 0 spiro atoms. The van der Waals surface area contributed by atoms with Crippen molar-refractivity contribution in [2.24, 2.45) is 5.73 Å². The number of aryl methyl sites for hydroxylation is 1. The van der Waals surface area contributed by atoms with E-state index in [4.69, 9.17) is 5.73 Å². The van der Waals surface area contributed by atoms with Gasteiger partial charge >= 0.3 is 0 Å². The molecular weight excluding hydrogens is 292 g/mol. The van der Waals surface area contributed by atoms with E-state index in [0.29, 0.717) is 6.42 Å². The van der Waals surface area contributed by atoms with Crippen LogP contribution in [0.1, 0.15) is 30.8 Å². The van der Waals surface area contributed by atoms with Gasteiger partial charge in [0.2, 0.25) is 0 Å². The van der Waals surface area contributed by atoms with Crippen LogP contribution in [0, 0.1) is 0 Å². The van der Waals surface area contributed by atoms with Gasteiger partial charge in [0.25, 0.3) is 0 Å². The molecule has 0 fully saturated rings. The minimum absolute atomic E-state index is 0.0436. The first-order valence-corrected chi connectivity index (χ1v) is 6.87. The van der Waals surface area contributed by atoms with Crippen molar-refractivity contribution < 1.29 is 0 Å². The third-order valence-electron chi connectivity index (χ3n) is 2.83. The fourth-order valence-electron chi connectivity index (χ4n) is 1.87. The van der Waals surface area contributed by atoms with Crippen LogP contribution in [-0.2, 0) is 13.0 Å². The van der Waals surface area contributed by atoms with Crippen LogP contribution >= 0.6 is 15.9 Å². The number of rotatable bonds is 5. The molecule has 0 bridgehead atoms. The van der Waals surface area contributed by atoms with Crippen LogP contribution in [0.25, 0.3) is 0 Å². The fraction of sp³-hybridized carbons (Fsp3) is 0.385. The molecule has 4 nitrogen and oxygen atoms in total. The van der Waals surface area contributed by atoms with Crippen molar-refractivity contribution >= 4 is 15.9 Å². The highest BCUT2D eigenvalue weighted by Gasteiger charge is 2.11. The molecule has 1 heterocycles. The summed E-state index contributed by atoms with van der Waals surface area (Å²) in [5, 5.41) is 4.21. The second-order valence-corrected chi connectivity index (χ2v) is 5.18. The average molecular weight is 309 g/mol. The van der Waals surface area contributed by atoms with E-state index in [1.165, 1.54) is 0 Å². The molecule has 0 radical (unpaired) electrons. The monoisotopic (exact) mass is 308 g/mol. The third-order valence-corrected chi connectivity index (χ3v) is 3.36. The van der Waals surface area contributed by atoms with Crippen molar-refractivity contribution in [1.82, 2.24) is 14.8 Å². The summed E-state index contributed by atoms with van der Waals surface area (Å²) in [4.78, 5) is 4.28. The van der Waals surface area contributed by atoms with Gasteiger partial charge in [0.15, 0.2) is 0 Å².